The van der Waals surface area contributed by atoms with Gasteiger partial charge in [-0.2, -0.15) is 16.7 Å². The van der Waals surface area contributed by atoms with Crippen molar-refractivity contribution in [1.82, 2.24) is 9.97 Å². The Bertz CT molecular complexity index is 404. The van der Waals surface area contributed by atoms with Crippen LogP contribution in [0.2, 0.25) is 0 Å². The molecule has 1 aliphatic heterocycles. The van der Waals surface area contributed by atoms with E-state index < -0.39 is 0 Å². The standard InChI is InChI=1S/C11H16BrN3OS/c1-7-8(2)17-5-4-15(7)11-13-6-9(12)10(14-11)16-3/h6-8H,4-5H2,1-3H3. The minimum Gasteiger partial charge on any atom is -0.480 e. The molecule has 0 saturated carbocycles. The van der Waals surface area contributed by atoms with Crippen LogP contribution in [0.3, 0.4) is 0 Å². The smallest absolute Gasteiger partial charge is 0.232 e. The van der Waals surface area contributed by atoms with Crippen LogP contribution in [0.15, 0.2) is 10.7 Å². The predicted octanol–water partition coefficient (Wildman–Crippen LogP) is 2.58. The molecular weight excluding hydrogens is 302 g/mol. The molecule has 2 atom stereocenters. The summed E-state index contributed by atoms with van der Waals surface area (Å²) in [5, 5.41) is 0.599. The second-order valence-electron chi connectivity index (χ2n) is 4.04. The van der Waals surface area contributed by atoms with Crippen LogP contribution in [0, 0.1) is 0 Å². The lowest BCUT2D eigenvalue weighted by Crippen LogP contribution is -2.45. The van der Waals surface area contributed by atoms with Crippen molar-refractivity contribution in [3.05, 3.63) is 10.7 Å². The van der Waals surface area contributed by atoms with E-state index in [1.54, 1.807) is 13.3 Å². The number of nitrogens with zero attached hydrogens (tertiary/aromatic N) is 3. The van der Waals surface area contributed by atoms with Crippen molar-refractivity contribution in [2.24, 2.45) is 0 Å². The Morgan fingerprint density at radius 2 is 2.29 bits per heavy atom. The van der Waals surface area contributed by atoms with Crippen LogP contribution in [-0.4, -0.2) is 40.7 Å². The van der Waals surface area contributed by atoms with Crippen molar-refractivity contribution < 1.29 is 4.74 Å². The lowest BCUT2D eigenvalue weighted by Gasteiger charge is -2.37. The molecule has 1 aromatic rings. The second kappa shape index (κ2) is 5.44. The van der Waals surface area contributed by atoms with Crippen LogP contribution in [0.5, 0.6) is 5.88 Å². The third-order valence-corrected chi connectivity index (χ3v) is 4.92. The molecule has 4 nitrogen and oxygen atoms in total. The van der Waals surface area contributed by atoms with Gasteiger partial charge in [-0.3, -0.25) is 0 Å². The molecule has 1 aromatic heterocycles. The van der Waals surface area contributed by atoms with Gasteiger partial charge in [0, 0.05) is 23.6 Å². The van der Waals surface area contributed by atoms with Gasteiger partial charge in [0.25, 0.3) is 0 Å². The highest BCUT2D eigenvalue weighted by Crippen LogP contribution is 2.29. The SMILES string of the molecule is COc1nc(N2CCSC(C)C2C)ncc1Br. The van der Waals surface area contributed by atoms with Crippen LogP contribution in [0.1, 0.15) is 13.8 Å². The Morgan fingerprint density at radius 1 is 1.53 bits per heavy atom. The molecule has 2 heterocycles. The molecule has 94 valence electrons. The average molecular weight is 318 g/mol. The summed E-state index contributed by atoms with van der Waals surface area (Å²) in [6.45, 7) is 5.45. The zero-order chi connectivity index (χ0) is 12.4. The first-order valence-corrected chi connectivity index (χ1v) is 7.42. The largest absolute Gasteiger partial charge is 0.480 e. The number of thioether (sulfide) groups is 1. The highest BCUT2D eigenvalue weighted by atomic mass is 79.9. The normalized spacial score (nSPS) is 24.8. The molecule has 2 rings (SSSR count). The van der Waals surface area contributed by atoms with Gasteiger partial charge < -0.3 is 9.64 Å². The summed E-state index contributed by atoms with van der Waals surface area (Å²) >= 11 is 5.37. The minimum atomic E-state index is 0.444. The Kier molecular flexibility index (Phi) is 4.14. The van der Waals surface area contributed by atoms with Crippen molar-refractivity contribution in [1.29, 1.82) is 0 Å². The van der Waals surface area contributed by atoms with Crippen molar-refractivity contribution >= 4 is 33.6 Å². The van der Waals surface area contributed by atoms with Gasteiger partial charge in [-0.25, -0.2) is 4.98 Å². The fraction of sp³-hybridized carbons (Fsp3) is 0.636. The van der Waals surface area contributed by atoms with Gasteiger partial charge in [0.05, 0.1) is 17.8 Å². The van der Waals surface area contributed by atoms with E-state index in [0.717, 1.165) is 22.7 Å². The molecule has 0 amide bonds. The van der Waals surface area contributed by atoms with E-state index in [4.69, 9.17) is 4.74 Å². The van der Waals surface area contributed by atoms with Gasteiger partial charge in [0.1, 0.15) is 0 Å². The molecular formula is C11H16BrN3OS. The molecule has 0 bridgehead atoms. The molecule has 1 saturated heterocycles. The number of hydrogen-bond donors (Lipinski definition) is 0. The van der Waals surface area contributed by atoms with Gasteiger partial charge in [-0.15, -0.1) is 0 Å². The molecule has 0 spiro atoms. The van der Waals surface area contributed by atoms with Crippen LogP contribution >= 0.6 is 27.7 Å². The summed E-state index contributed by atoms with van der Waals surface area (Å²) < 4.78 is 6.00. The molecule has 17 heavy (non-hydrogen) atoms. The monoisotopic (exact) mass is 317 g/mol. The van der Waals surface area contributed by atoms with Crippen molar-refractivity contribution in [2.75, 3.05) is 24.3 Å². The van der Waals surface area contributed by atoms with Gasteiger partial charge in [0.2, 0.25) is 11.8 Å². The molecule has 1 aliphatic rings. The van der Waals surface area contributed by atoms with Crippen molar-refractivity contribution in [3.63, 3.8) is 0 Å². The predicted molar refractivity (Wildman–Crippen MR) is 75.0 cm³/mol. The maximum atomic E-state index is 5.21. The quantitative estimate of drug-likeness (QED) is 0.838. The van der Waals surface area contributed by atoms with Crippen LogP contribution < -0.4 is 9.64 Å². The summed E-state index contributed by atoms with van der Waals surface area (Å²) in [6.07, 6.45) is 1.75. The highest BCUT2D eigenvalue weighted by Gasteiger charge is 2.27. The van der Waals surface area contributed by atoms with Crippen molar-refractivity contribution in [2.45, 2.75) is 25.1 Å². The van der Waals surface area contributed by atoms with E-state index in [1.165, 1.54) is 0 Å². The fourth-order valence-corrected chi connectivity index (χ4v) is 3.29. The van der Waals surface area contributed by atoms with E-state index >= 15 is 0 Å². The molecule has 0 N–H and O–H groups in total. The molecule has 1 fully saturated rings. The topological polar surface area (TPSA) is 38.2 Å². The Morgan fingerprint density at radius 3 is 3.00 bits per heavy atom. The zero-order valence-electron chi connectivity index (χ0n) is 10.2. The summed E-state index contributed by atoms with van der Waals surface area (Å²) in [6, 6.07) is 0.444. The van der Waals surface area contributed by atoms with Gasteiger partial charge in [-0.05, 0) is 22.9 Å². The van der Waals surface area contributed by atoms with Crippen LogP contribution in [0.4, 0.5) is 5.95 Å². The van der Waals surface area contributed by atoms with E-state index in [-0.39, 0.29) is 0 Å². The number of anilines is 1. The Balaban J connectivity index is 2.27. The lowest BCUT2D eigenvalue weighted by molar-refractivity contribution is 0.393. The van der Waals surface area contributed by atoms with Gasteiger partial charge in [-0.1, -0.05) is 6.92 Å². The lowest BCUT2D eigenvalue weighted by atomic mass is 10.2. The fourth-order valence-electron chi connectivity index (χ4n) is 1.84. The van der Waals surface area contributed by atoms with E-state index in [1.807, 2.05) is 11.8 Å². The van der Waals surface area contributed by atoms with Crippen molar-refractivity contribution in [3.8, 4) is 5.88 Å². The number of rotatable bonds is 2. The Hall–Kier alpha value is -0.490. The molecule has 0 aromatic carbocycles. The summed E-state index contributed by atoms with van der Waals surface area (Å²) in [5.41, 5.74) is 0. The number of ether oxygens (including phenoxy) is 1. The molecule has 2 unspecified atom stereocenters. The first-order chi connectivity index (χ1) is 8.13. The highest BCUT2D eigenvalue weighted by molar-refractivity contribution is 9.10. The minimum absolute atomic E-state index is 0.444. The number of methoxy groups -OCH3 is 1. The average Bonchev–Trinajstić information content (AvgIpc) is 2.34. The van der Waals surface area contributed by atoms with Gasteiger partial charge >= 0.3 is 0 Å². The summed E-state index contributed by atoms with van der Waals surface area (Å²) in [5.74, 6) is 2.46. The summed E-state index contributed by atoms with van der Waals surface area (Å²) in [4.78, 5) is 11.1. The second-order valence-corrected chi connectivity index (χ2v) is 6.38. The first kappa shape index (κ1) is 13.0. The maximum absolute atomic E-state index is 5.21. The summed E-state index contributed by atoms with van der Waals surface area (Å²) in [7, 11) is 1.62. The zero-order valence-corrected chi connectivity index (χ0v) is 12.6. The van der Waals surface area contributed by atoms with Gasteiger partial charge in [0.15, 0.2) is 0 Å². The van der Waals surface area contributed by atoms with E-state index in [2.05, 4.69) is 44.6 Å². The molecule has 0 aliphatic carbocycles. The third-order valence-electron chi connectivity index (χ3n) is 3.03. The Labute approximate surface area is 114 Å². The number of hydrogen-bond acceptors (Lipinski definition) is 5. The first-order valence-electron chi connectivity index (χ1n) is 5.58. The van der Waals surface area contributed by atoms with Crippen LogP contribution in [0.25, 0.3) is 0 Å². The molecule has 0 radical (unpaired) electrons. The molecule has 6 heteroatoms. The maximum Gasteiger partial charge on any atom is 0.232 e. The number of halogens is 1. The van der Waals surface area contributed by atoms with E-state index in [9.17, 15) is 0 Å². The van der Waals surface area contributed by atoms with E-state index in [0.29, 0.717) is 17.2 Å². The van der Waals surface area contributed by atoms with Crippen LogP contribution in [-0.2, 0) is 0 Å². The third kappa shape index (κ3) is 2.68. The number of aromatic nitrogens is 2.